The molecular weight excluding hydrogens is 182 g/mol. The zero-order chi connectivity index (χ0) is 11.9. The van der Waals surface area contributed by atoms with Crippen molar-refractivity contribution in [3.8, 4) is 0 Å². The number of piperidine rings is 1. The van der Waals surface area contributed by atoms with Crippen molar-refractivity contribution in [1.82, 2.24) is 4.90 Å². The van der Waals surface area contributed by atoms with Crippen LogP contribution in [0.5, 0.6) is 0 Å². The van der Waals surface area contributed by atoms with Crippen molar-refractivity contribution in [3.63, 3.8) is 0 Å². The Morgan fingerprint density at radius 1 is 0.867 bits per heavy atom. The Morgan fingerprint density at radius 2 is 1.27 bits per heavy atom. The van der Waals surface area contributed by atoms with Gasteiger partial charge in [-0.25, -0.2) is 0 Å². The van der Waals surface area contributed by atoms with Crippen LogP contribution in [-0.2, 0) is 0 Å². The van der Waals surface area contributed by atoms with Crippen molar-refractivity contribution in [2.45, 2.75) is 66.8 Å². The van der Waals surface area contributed by atoms with Crippen LogP contribution in [0.1, 0.15) is 61.3 Å². The number of hydrogen-bond acceptors (Lipinski definition) is 1. The van der Waals surface area contributed by atoms with Crippen molar-refractivity contribution in [2.75, 3.05) is 13.1 Å². The molecule has 0 atom stereocenters. The molecule has 0 unspecified atom stereocenters. The zero-order valence-corrected chi connectivity index (χ0v) is 11.8. The van der Waals surface area contributed by atoms with E-state index >= 15 is 0 Å². The second kappa shape index (κ2) is 3.76. The van der Waals surface area contributed by atoms with Crippen LogP contribution in [0.25, 0.3) is 0 Å². The molecule has 0 aromatic rings. The summed E-state index contributed by atoms with van der Waals surface area (Å²) in [5, 5.41) is 0. The SMILES string of the molecule is CC1(C)CCN(C(C)(C)C(C)(C)C)CC1. The average Bonchev–Trinajstić information content (AvgIpc) is 2.01. The molecular formula is C14H29N. The molecule has 1 saturated heterocycles. The fraction of sp³-hybridized carbons (Fsp3) is 1.00. The summed E-state index contributed by atoms with van der Waals surface area (Å²) in [6, 6.07) is 0. The summed E-state index contributed by atoms with van der Waals surface area (Å²) < 4.78 is 0. The summed E-state index contributed by atoms with van der Waals surface area (Å²) in [4.78, 5) is 2.68. The lowest BCUT2D eigenvalue weighted by molar-refractivity contribution is -0.0160. The van der Waals surface area contributed by atoms with E-state index in [1.165, 1.54) is 25.9 Å². The van der Waals surface area contributed by atoms with Crippen molar-refractivity contribution in [3.05, 3.63) is 0 Å². The van der Waals surface area contributed by atoms with Crippen molar-refractivity contribution >= 4 is 0 Å². The van der Waals surface area contributed by atoms with Gasteiger partial charge in [-0.1, -0.05) is 34.6 Å². The van der Waals surface area contributed by atoms with E-state index in [-0.39, 0.29) is 0 Å². The van der Waals surface area contributed by atoms with Crippen LogP contribution < -0.4 is 0 Å². The molecule has 1 nitrogen and oxygen atoms in total. The third kappa shape index (κ3) is 2.75. The Morgan fingerprint density at radius 3 is 1.60 bits per heavy atom. The molecule has 0 N–H and O–H groups in total. The zero-order valence-electron chi connectivity index (χ0n) is 11.8. The Kier molecular flexibility index (Phi) is 3.27. The standard InChI is InChI=1S/C14H29N/c1-12(2,3)14(6,7)15-10-8-13(4,5)9-11-15/h8-11H2,1-7H3. The molecule has 90 valence electrons. The third-order valence-corrected chi connectivity index (χ3v) is 4.74. The fourth-order valence-electron chi connectivity index (χ4n) is 2.15. The van der Waals surface area contributed by atoms with Gasteiger partial charge in [0.1, 0.15) is 0 Å². The molecule has 0 aromatic heterocycles. The highest BCUT2D eigenvalue weighted by Gasteiger charge is 2.40. The maximum atomic E-state index is 2.68. The van der Waals surface area contributed by atoms with Crippen LogP contribution >= 0.6 is 0 Å². The van der Waals surface area contributed by atoms with E-state index in [1.807, 2.05) is 0 Å². The van der Waals surface area contributed by atoms with Crippen molar-refractivity contribution < 1.29 is 0 Å². The topological polar surface area (TPSA) is 3.24 Å². The van der Waals surface area contributed by atoms with Crippen LogP contribution in [0.4, 0.5) is 0 Å². The highest BCUT2D eigenvalue weighted by atomic mass is 15.2. The first kappa shape index (κ1) is 13.0. The van der Waals surface area contributed by atoms with Gasteiger partial charge in [0.05, 0.1) is 0 Å². The molecule has 1 heterocycles. The summed E-state index contributed by atoms with van der Waals surface area (Å²) >= 11 is 0. The molecule has 0 radical (unpaired) electrons. The Hall–Kier alpha value is -0.0400. The first-order valence-corrected chi connectivity index (χ1v) is 6.31. The van der Waals surface area contributed by atoms with Crippen LogP contribution in [0.3, 0.4) is 0 Å². The van der Waals surface area contributed by atoms with E-state index in [1.54, 1.807) is 0 Å². The Labute approximate surface area is 96.2 Å². The second-order valence-corrected chi connectivity index (χ2v) is 7.46. The molecule has 15 heavy (non-hydrogen) atoms. The number of likely N-dealkylation sites (tertiary alicyclic amines) is 1. The van der Waals surface area contributed by atoms with E-state index in [4.69, 9.17) is 0 Å². The maximum Gasteiger partial charge on any atom is 0.0201 e. The van der Waals surface area contributed by atoms with Crippen molar-refractivity contribution in [1.29, 1.82) is 0 Å². The van der Waals surface area contributed by atoms with Crippen LogP contribution in [0, 0.1) is 10.8 Å². The van der Waals surface area contributed by atoms with E-state index in [0.717, 1.165) is 0 Å². The predicted molar refractivity (Wildman–Crippen MR) is 68.1 cm³/mol. The van der Waals surface area contributed by atoms with Crippen molar-refractivity contribution in [2.24, 2.45) is 10.8 Å². The largest absolute Gasteiger partial charge is 0.298 e. The summed E-state index contributed by atoms with van der Waals surface area (Å²) in [7, 11) is 0. The Balaban J connectivity index is 2.68. The van der Waals surface area contributed by atoms with Gasteiger partial charge in [0, 0.05) is 5.54 Å². The van der Waals surface area contributed by atoms with Gasteiger partial charge >= 0.3 is 0 Å². The molecule has 1 aliphatic rings. The van der Waals surface area contributed by atoms with Gasteiger partial charge in [-0.15, -0.1) is 0 Å². The molecule has 1 rings (SSSR count). The van der Waals surface area contributed by atoms with Gasteiger partial charge in [0.2, 0.25) is 0 Å². The van der Waals surface area contributed by atoms with E-state index in [9.17, 15) is 0 Å². The lowest BCUT2D eigenvalue weighted by atomic mass is 9.72. The molecule has 1 heteroatoms. The maximum absolute atomic E-state index is 2.68. The molecule has 0 aromatic carbocycles. The molecule has 1 aliphatic heterocycles. The third-order valence-electron chi connectivity index (χ3n) is 4.74. The second-order valence-electron chi connectivity index (χ2n) is 7.46. The van der Waals surface area contributed by atoms with Gasteiger partial charge < -0.3 is 0 Å². The molecule has 0 aliphatic carbocycles. The lowest BCUT2D eigenvalue weighted by Gasteiger charge is -2.51. The minimum Gasteiger partial charge on any atom is -0.298 e. The predicted octanol–water partition coefficient (Wildman–Crippen LogP) is 3.93. The Bertz CT molecular complexity index is 210. The summed E-state index contributed by atoms with van der Waals surface area (Å²) in [6.07, 6.45) is 2.68. The van der Waals surface area contributed by atoms with E-state index in [2.05, 4.69) is 53.4 Å². The lowest BCUT2D eigenvalue weighted by Crippen LogP contribution is -2.56. The van der Waals surface area contributed by atoms with Gasteiger partial charge in [0.25, 0.3) is 0 Å². The minimum absolute atomic E-state index is 0.309. The molecule has 0 spiro atoms. The van der Waals surface area contributed by atoms with E-state index in [0.29, 0.717) is 16.4 Å². The monoisotopic (exact) mass is 211 g/mol. The highest BCUT2D eigenvalue weighted by molar-refractivity contribution is 4.95. The van der Waals surface area contributed by atoms with Crippen LogP contribution in [0.15, 0.2) is 0 Å². The number of rotatable bonds is 1. The molecule has 1 fully saturated rings. The van der Waals surface area contributed by atoms with Crippen LogP contribution in [-0.4, -0.2) is 23.5 Å². The smallest absolute Gasteiger partial charge is 0.0201 e. The first-order chi connectivity index (χ1) is 6.56. The quantitative estimate of drug-likeness (QED) is 0.635. The van der Waals surface area contributed by atoms with Gasteiger partial charge in [-0.3, -0.25) is 4.90 Å². The number of hydrogen-bond donors (Lipinski definition) is 0. The number of nitrogens with zero attached hydrogens (tertiary/aromatic N) is 1. The van der Waals surface area contributed by atoms with Gasteiger partial charge in [-0.2, -0.15) is 0 Å². The summed E-state index contributed by atoms with van der Waals surface area (Å²) in [6.45, 7) is 19.2. The first-order valence-electron chi connectivity index (χ1n) is 6.31. The summed E-state index contributed by atoms with van der Waals surface area (Å²) in [5.74, 6) is 0. The van der Waals surface area contributed by atoms with E-state index < -0.39 is 0 Å². The fourth-order valence-corrected chi connectivity index (χ4v) is 2.15. The van der Waals surface area contributed by atoms with Gasteiger partial charge in [-0.05, 0) is 50.6 Å². The highest BCUT2D eigenvalue weighted by Crippen LogP contribution is 2.39. The normalized spacial score (nSPS) is 24.2. The molecule has 0 bridgehead atoms. The summed E-state index contributed by atoms with van der Waals surface area (Å²) in [5.41, 5.74) is 1.22. The molecule has 0 saturated carbocycles. The molecule has 0 amide bonds. The average molecular weight is 211 g/mol. The van der Waals surface area contributed by atoms with Gasteiger partial charge in [0.15, 0.2) is 0 Å². The van der Waals surface area contributed by atoms with Crippen LogP contribution in [0.2, 0.25) is 0 Å². The minimum atomic E-state index is 0.309.